The number of fused-ring (bicyclic) bond motifs is 4. The second-order valence-electron chi connectivity index (χ2n) is 15.8. The molecule has 0 aromatic heterocycles. The van der Waals surface area contributed by atoms with Crippen molar-refractivity contribution in [3.8, 4) is 5.75 Å². The maximum atomic E-state index is 13.5. The molecule has 2 aliphatic heterocycles. The van der Waals surface area contributed by atoms with Gasteiger partial charge in [0.15, 0.2) is 0 Å². The van der Waals surface area contributed by atoms with E-state index in [9.17, 15) is 23.1 Å². The van der Waals surface area contributed by atoms with Crippen LogP contribution in [0, 0.1) is 17.8 Å². The average Bonchev–Trinajstić information content (AvgIpc) is 3.13. The number of carbonyl (C=O) groups excluding carboxylic acids is 2. The first-order valence-electron chi connectivity index (χ1n) is 17.5. The minimum Gasteiger partial charge on any atom is -0.490 e. The van der Waals surface area contributed by atoms with E-state index >= 15 is 0 Å². The molecular weight excluding hydrogens is 664 g/mol. The van der Waals surface area contributed by atoms with Crippen molar-refractivity contribution in [1.29, 1.82) is 0 Å². The highest BCUT2D eigenvalue weighted by Crippen LogP contribution is 2.49. The highest BCUT2D eigenvalue weighted by molar-refractivity contribution is 7.90. The number of nitrogens with one attached hydrogen (secondary N) is 1. The maximum absolute atomic E-state index is 13.5. The minimum atomic E-state index is -4.04. The Morgan fingerprint density at radius 1 is 1.16 bits per heavy atom. The summed E-state index contributed by atoms with van der Waals surface area (Å²) in [5.41, 5.74) is 0.770. The lowest BCUT2D eigenvalue weighted by Crippen LogP contribution is -2.53. The Morgan fingerprint density at radius 3 is 2.65 bits per heavy atom. The van der Waals surface area contributed by atoms with Crippen molar-refractivity contribution < 1.29 is 32.6 Å². The van der Waals surface area contributed by atoms with Crippen LogP contribution in [0.25, 0.3) is 0 Å². The number of allylic oxidation sites excluding steroid dienone is 1. The van der Waals surface area contributed by atoms with Gasteiger partial charge in [0.2, 0.25) is 10.0 Å². The molecule has 1 amide bonds. The number of ether oxygens (including phenoxy) is 2. The summed E-state index contributed by atoms with van der Waals surface area (Å²) in [6.45, 7) is 10.4. The molecule has 4 aliphatic rings. The summed E-state index contributed by atoms with van der Waals surface area (Å²) in [6, 6.07) is 11.2. The molecule has 6 rings (SSSR count). The Balaban J connectivity index is 1.44. The number of hydrogen-bond donors (Lipinski definition) is 2. The fourth-order valence-electron chi connectivity index (χ4n) is 8.17. The van der Waals surface area contributed by atoms with Gasteiger partial charge >= 0.3 is 5.97 Å². The number of nitrogens with zero attached hydrogens (tertiary/aromatic N) is 1. The first-order valence-corrected chi connectivity index (χ1v) is 19.4. The van der Waals surface area contributed by atoms with Gasteiger partial charge < -0.3 is 19.5 Å². The van der Waals surface area contributed by atoms with Crippen LogP contribution in [0.4, 0.5) is 5.69 Å². The smallest absolute Gasteiger partial charge is 0.309 e. The Labute approximate surface area is 295 Å². The Hall–Kier alpha value is -3.08. The zero-order valence-corrected chi connectivity index (χ0v) is 30.7. The van der Waals surface area contributed by atoms with E-state index in [1.165, 1.54) is 11.1 Å². The van der Waals surface area contributed by atoms with Gasteiger partial charge in [-0.2, -0.15) is 0 Å². The van der Waals surface area contributed by atoms with Crippen molar-refractivity contribution in [2.75, 3.05) is 24.6 Å². The minimum absolute atomic E-state index is 0.0236. The van der Waals surface area contributed by atoms with Crippen molar-refractivity contribution in [2.24, 2.45) is 17.8 Å². The summed E-state index contributed by atoms with van der Waals surface area (Å²) >= 11 is 6.43. The fraction of sp³-hybridized carbons (Fsp3) is 0.579. The number of hydrogen-bond acceptors (Lipinski definition) is 8. The number of anilines is 1. The van der Waals surface area contributed by atoms with Crippen LogP contribution in [0.1, 0.15) is 94.6 Å². The first kappa shape index (κ1) is 35.7. The third-order valence-corrected chi connectivity index (χ3v) is 13.3. The molecule has 1 unspecified atom stereocenters. The summed E-state index contributed by atoms with van der Waals surface area (Å²) in [5, 5.41) is 12.1. The summed E-state index contributed by atoms with van der Waals surface area (Å²) in [5.74, 6) is -1.16. The topological polar surface area (TPSA) is 122 Å². The third kappa shape index (κ3) is 7.38. The molecule has 49 heavy (non-hydrogen) atoms. The van der Waals surface area contributed by atoms with Crippen LogP contribution in [0.5, 0.6) is 5.75 Å². The summed E-state index contributed by atoms with van der Waals surface area (Å²) in [7, 11) is -4.04. The van der Waals surface area contributed by atoms with Crippen LogP contribution in [-0.2, 0) is 31.4 Å². The van der Waals surface area contributed by atoms with Crippen molar-refractivity contribution in [3.05, 3.63) is 70.3 Å². The van der Waals surface area contributed by atoms with Gasteiger partial charge in [-0.1, -0.05) is 36.7 Å². The van der Waals surface area contributed by atoms with E-state index in [0.29, 0.717) is 42.6 Å². The van der Waals surface area contributed by atoms with E-state index < -0.39 is 38.4 Å². The van der Waals surface area contributed by atoms with E-state index in [1.807, 2.05) is 12.1 Å². The standard InChI is InChI=1S/C38H49ClN2O7S/c1-24-8-6-17-38(44,20-34(42)48-36(3,4)5)31-13-10-28(31)21-41-22-37(16-7-9-26-18-29(39)12-14-30(26)37)23-47-33-15-11-27(19-32(33)41)35(43)40-49(45,46)25(24)2/h6,11-12,14-15,17-19,24-25,28,31,44H,7-10,13,16,20-23H2,1-5H3,(H,40,43)/b17-6+/t24-,25+,28-,31+,37-,38?/m0/s1. The SMILES string of the molecule is C[C@@H]1[C@@H](C)C/C=C/C(O)(CC(=O)OC(C)(C)C)[C@@H]2CC[C@H]2CN2C[C@@]3(CCCc4cc(Cl)ccc43)COc3ccc(cc32)C(=O)NS1(=O)=O. The normalized spacial score (nSPS) is 32.0. The number of esters is 1. The molecule has 2 N–H and O–H groups in total. The molecule has 266 valence electrons. The number of rotatable bonds is 2. The van der Waals surface area contributed by atoms with E-state index in [2.05, 4.69) is 15.7 Å². The van der Waals surface area contributed by atoms with Crippen molar-refractivity contribution in [1.82, 2.24) is 4.72 Å². The van der Waals surface area contributed by atoms with E-state index in [0.717, 1.165) is 32.1 Å². The number of aliphatic hydroxyl groups is 1. The van der Waals surface area contributed by atoms with E-state index in [1.54, 1.807) is 65.0 Å². The molecule has 1 saturated carbocycles. The molecule has 2 aromatic carbocycles. The molecular formula is C38H49ClN2O7S. The Kier molecular flexibility index (Phi) is 9.65. The molecule has 1 fully saturated rings. The van der Waals surface area contributed by atoms with Gasteiger partial charge in [0.05, 0.1) is 29.6 Å². The molecule has 2 bridgehead atoms. The predicted molar refractivity (Wildman–Crippen MR) is 191 cm³/mol. The molecule has 11 heteroatoms. The Bertz CT molecular complexity index is 1750. The van der Waals surface area contributed by atoms with Crippen LogP contribution >= 0.6 is 11.6 Å². The zero-order valence-electron chi connectivity index (χ0n) is 29.1. The molecule has 6 atom stereocenters. The first-order chi connectivity index (χ1) is 23.0. The Morgan fingerprint density at radius 2 is 1.94 bits per heavy atom. The fourth-order valence-corrected chi connectivity index (χ4v) is 9.65. The van der Waals surface area contributed by atoms with Crippen LogP contribution < -0.4 is 14.4 Å². The number of aryl methyl sites for hydroxylation is 1. The summed E-state index contributed by atoms with van der Waals surface area (Å²) in [4.78, 5) is 29.0. The highest BCUT2D eigenvalue weighted by atomic mass is 35.5. The largest absolute Gasteiger partial charge is 0.490 e. The van der Waals surface area contributed by atoms with Gasteiger partial charge in [-0.15, -0.1) is 0 Å². The van der Waals surface area contributed by atoms with E-state index in [-0.39, 0.29) is 35.2 Å². The molecule has 2 aromatic rings. The van der Waals surface area contributed by atoms with Crippen LogP contribution in [0.3, 0.4) is 0 Å². The van der Waals surface area contributed by atoms with Gasteiger partial charge in [-0.3, -0.25) is 9.59 Å². The van der Waals surface area contributed by atoms with Gasteiger partial charge in [0.1, 0.15) is 11.4 Å². The second kappa shape index (κ2) is 13.2. The quantitative estimate of drug-likeness (QED) is 0.273. The number of halogens is 1. The molecule has 0 radical (unpaired) electrons. The van der Waals surface area contributed by atoms with Gasteiger partial charge in [0, 0.05) is 29.1 Å². The lowest BCUT2D eigenvalue weighted by atomic mass is 9.63. The molecule has 0 saturated heterocycles. The average molecular weight is 713 g/mol. The maximum Gasteiger partial charge on any atom is 0.309 e. The van der Waals surface area contributed by atoms with Crippen LogP contribution in [0.15, 0.2) is 48.6 Å². The van der Waals surface area contributed by atoms with Crippen LogP contribution in [-0.4, -0.2) is 61.5 Å². The lowest BCUT2D eigenvalue weighted by Gasteiger charge is -2.49. The van der Waals surface area contributed by atoms with Gasteiger partial charge in [-0.25, -0.2) is 13.1 Å². The number of amides is 1. The number of carbonyl (C=O) groups is 2. The van der Waals surface area contributed by atoms with Crippen molar-refractivity contribution in [2.45, 2.75) is 101 Å². The highest BCUT2D eigenvalue weighted by Gasteiger charge is 2.49. The number of sulfonamides is 1. The molecule has 2 heterocycles. The molecule has 9 nitrogen and oxygen atoms in total. The van der Waals surface area contributed by atoms with Gasteiger partial charge in [-0.05, 0) is 125 Å². The third-order valence-electron chi connectivity index (χ3n) is 11.1. The lowest BCUT2D eigenvalue weighted by molar-refractivity contribution is -0.162. The zero-order chi connectivity index (χ0) is 35.4. The molecule has 2 aliphatic carbocycles. The second-order valence-corrected chi connectivity index (χ2v) is 18.3. The summed E-state index contributed by atoms with van der Waals surface area (Å²) in [6.07, 6.45) is 7.96. The molecule has 1 spiro atoms. The monoisotopic (exact) mass is 712 g/mol. The van der Waals surface area contributed by atoms with Crippen LogP contribution in [0.2, 0.25) is 5.02 Å². The van der Waals surface area contributed by atoms with Crippen molar-refractivity contribution in [3.63, 3.8) is 0 Å². The van der Waals surface area contributed by atoms with Gasteiger partial charge in [0.25, 0.3) is 5.91 Å². The summed E-state index contributed by atoms with van der Waals surface area (Å²) < 4.78 is 41.4. The predicted octanol–water partition coefficient (Wildman–Crippen LogP) is 6.35. The van der Waals surface area contributed by atoms with Crippen molar-refractivity contribution >= 4 is 39.2 Å². The van der Waals surface area contributed by atoms with E-state index in [4.69, 9.17) is 21.1 Å². The number of benzene rings is 2.